The fourth-order valence-corrected chi connectivity index (χ4v) is 4.32. The highest BCUT2D eigenvalue weighted by molar-refractivity contribution is 5.66. The van der Waals surface area contributed by atoms with Crippen molar-refractivity contribution in [2.45, 2.75) is 44.6 Å². The number of aromatic amines is 1. The normalized spacial score (nSPS) is 14.9. The number of carbonyl (C=O) groups is 1. The van der Waals surface area contributed by atoms with Crippen LogP contribution in [0.5, 0.6) is 5.75 Å². The van der Waals surface area contributed by atoms with Crippen LogP contribution in [0, 0.1) is 0 Å². The number of hydrogen-bond donors (Lipinski definition) is 2. The summed E-state index contributed by atoms with van der Waals surface area (Å²) in [7, 11) is 0. The van der Waals surface area contributed by atoms with E-state index < -0.39 is 5.97 Å². The van der Waals surface area contributed by atoms with E-state index in [1.165, 1.54) is 0 Å². The molecule has 0 amide bonds. The largest absolute Gasteiger partial charge is 0.494 e. The zero-order valence-corrected chi connectivity index (χ0v) is 19.2. The minimum atomic E-state index is -0.814. The molecule has 2 aromatic carbocycles. The molecule has 6 nitrogen and oxygen atoms in total. The van der Waals surface area contributed by atoms with Crippen molar-refractivity contribution in [3.05, 3.63) is 101 Å². The van der Waals surface area contributed by atoms with Gasteiger partial charge in [0.05, 0.1) is 18.0 Å². The summed E-state index contributed by atoms with van der Waals surface area (Å²) < 4.78 is 7.56. The van der Waals surface area contributed by atoms with Crippen LogP contribution in [0.4, 0.5) is 0 Å². The zero-order chi connectivity index (χ0) is 23.8. The van der Waals surface area contributed by atoms with Crippen molar-refractivity contribution in [1.29, 1.82) is 0 Å². The summed E-state index contributed by atoms with van der Waals surface area (Å²) in [5, 5.41) is 8.74. The lowest BCUT2D eigenvalue weighted by Crippen LogP contribution is -2.18. The van der Waals surface area contributed by atoms with E-state index in [-0.39, 0.29) is 18.0 Å². The Hall–Kier alpha value is -3.80. The first-order chi connectivity index (χ1) is 16.6. The number of hydrogen-bond acceptors (Lipinski definition) is 3. The van der Waals surface area contributed by atoms with Crippen molar-refractivity contribution in [3.8, 4) is 17.0 Å². The molecular formula is C28H30N2O4. The topological polar surface area (TPSA) is 84.3 Å². The molecule has 0 saturated heterocycles. The van der Waals surface area contributed by atoms with Gasteiger partial charge in [-0.2, -0.15) is 0 Å². The number of ether oxygens (including phenoxy) is 1. The number of aryl methyl sites for hydroxylation is 1. The van der Waals surface area contributed by atoms with Gasteiger partial charge < -0.3 is 14.8 Å². The number of carboxylic acids is 1. The molecule has 0 bridgehead atoms. The van der Waals surface area contributed by atoms with Gasteiger partial charge in [-0.3, -0.25) is 9.36 Å². The number of aliphatic carboxylic acids is 1. The van der Waals surface area contributed by atoms with Crippen LogP contribution in [0.25, 0.3) is 11.3 Å². The SMILES string of the molecule is O=C(O)CCCOc1cccc(CCCn2c(-c3ccccc3)c(C3C=CC=CC3)[nH]c2=O)c1. The molecule has 3 aromatic rings. The third-order valence-corrected chi connectivity index (χ3v) is 5.96. The Bertz CT molecular complexity index is 1220. The van der Waals surface area contributed by atoms with Crippen molar-refractivity contribution in [3.63, 3.8) is 0 Å². The van der Waals surface area contributed by atoms with E-state index in [0.717, 1.165) is 47.5 Å². The lowest BCUT2D eigenvalue weighted by atomic mass is 9.94. The Balaban J connectivity index is 1.46. The van der Waals surface area contributed by atoms with Gasteiger partial charge in [-0.1, -0.05) is 66.8 Å². The summed E-state index contributed by atoms with van der Waals surface area (Å²) in [5.74, 6) is 0.0848. The summed E-state index contributed by atoms with van der Waals surface area (Å²) in [6, 6.07) is 18.0. The number of rotatable bonds is 11. The maximum Gasteiger partial charge on any atom is 0.326 e. The van der Waals surface area contributed by atoms with Gasteiger partial charge in [-0.05, 0) is 43.4 Å². The van der Waals surface area contributed by atoms with E-state index >= 15 is 0 Å². The molecule has 0 aliphatic heterocycles. The summed E-state index contributed by atoms with van der Waals surface area (Å²) in [4.78, 5) is 26.7. The number of carboxylic acid groups (broad SMARTS) is 1. The number of allylic oxidation sites excluding steroid dienone is 4. The van der Waals surface area contributed by atoms with E-state index in [1.54, 1.807) is 0 Å². The molecule has 4 rings (SSSR count). The van der Waals surface area contributed by atoms with Gasteiger partial charge in [0.15, 0.2) is 0 Å². The number of imidazole rings is 1. The lowest BCUT2D eigenvalue weighted by Gasteiger charge is -2.16. The van der Waals surface area contributed by atoms with E-state index in [9.17, 15) is 9.59 Å². The highest BCUT2D eigenvalue weighted by Gasteiger charge is 2.21. The summed E-state index contributed by atoms with van der Waals surface area (Å²) >= 11 is 0. The molecule has 2 N–H and O–H groups in total. The third kappa shape index (κ3) is 5.95. The predicted molar refractivity (Wildman–Crippen MR) is 133 cm³/mol. The van der Waals surface area contributed by atoms with Crippen LogP contribution in [0.2, 0.25) is 0 Å². The second kappa shape index (κ2) is 11.4. The van der Waals surface area contributed by atoms with Crippen LogP contribution in [0.15, 0.2) is 83.7 Å². The summed E-state index contributed by atoms with van der Waals surface area (Å²) in [6.07, 6.45) is 11.4. The van der Waals surface area contributed by atoms with Crippen LogP contribution in [-0.2, 0) is 17.8 Å². The molecule has 1 aliphatic carbocycles. The van der Waals surface area contributed by atoms with Crippen LogP contribution >= 0.6 is 0 Å². The van der Waals surface area contributed by atoms with Crippen molar-refractivity contribution in [2.24, 2.45) is 0 Å². The van der Waals surface area contributed by atoms with Crippen LogP contribution in [0.3, 0.4) is 0 Å². The molecule has 0 spiro atoms. The molecule has 1 heterocycles. The molecule has 1 aromatic heterocycles. The minimum absolute atomic E-state index is 0.0766. The van der Waals surface area contributed by atoms with Gasteiger partial charge in [0, 0.05) is 24.4 Å². The Morgan fingerprint density at radius 2 is 1.94 bits per heavy atom. The van der Waals surface area contributed by atoms with Gasteiger partial charge in [0.1, 0.15) is 5.75 Å². The standard InChI is InChI=1S/C28H30N2O4/c31-25(32)17-9-19-34-24-16-7-10-21(20-24)11-8-18-30-27(23-14-5-2-6-15-23)26(29-28(30)33)22-12-3-1-4-13-22/h1-7,10,12,14-16,20,22H,8-9,11,13,17-19H2,(H,29,33)(H,31,32). The number of benzene rings is 2. The van der Waals surface area contributed by atoms with Crippen LogP contribution < -0.4 is 10.4 Å². The quantitative estimate of drug-likeness (QED) is 0.381. The van der Waals surface area contributed by atoms with E-state index in [1.807, 2.05) is 59.2 Å². The molecule has 1 atom stereocenters. The van der Waals surface area contributed by atoms with E-state index in [4.69, 9.17) is 9.84 Å². The monoisotopic (exact) mass is 458 g/mol. The number of aromatic nitrogens is 2. The van der Waals surface area contributed by atoms with Gasteiger partial charge >= 0.3 is 11.7 Å². The Kier molecular flexibility index (Phi) is 7.81. The molecule has 1 unspecified atom stereocenters. The van der Waals surface area contributed by atoms with Crippen molar-refractivity contribution in [1.82, 2.24) is 9.55 Å². The smallest absolute Gasteiger partial charge is 0.326 e. The van der Waals surface area contributed by atoms with Gasteiger partial charge in [0.2, 0.25) is 0 Å². The fraction of sp³-hybridized carbons (Fsp3) is 0.286. The van der Waals surface area contributed by atoms with Crippen molar-refractivity contribution < 1.29 is 14.6 Å². The highest BCUT2D eigenvalue weighted by atomic mass is 16.5. The third-order valence-electron chi connectivity index (χ3n) is 5.96. The first-order valence-electron chi connectivity index (χ1n) is 11.8. The maximum absolute atomic E-state index is 13.0. The van der Waals surface area contributed by atoms with Crippen LogP contribution in [-0.4, -0.2) is 27.2 Å². The average molecular weight is 459 g/mol. The molecule has 34 heavy (non-hydrogen) atoms. The first kappa shape index (κ1) is 23.4. The molecule has 0 radical (unpaired) electrons. The van der Waals surface area contributed by atoms with E-state index in [0.29, 0.717) is 19.6 Å². The predicted octanol–water partition coefficient (Wildman–Crippen LogP) is 5.32. The molecule has 6 heteroatoms. The Morgan fingerprint density at radius 3 is 2.71 bits per heavy atom. The summed E-state index contributed by atoms with van der Waals surface area (Å²) in [6.45, 7) is 0.984. The minimum Gasteiger partial charge on any atom is -0.494 e. The van der Waals surface area contributed by atoms with Gasteiger partial charge in [-0.25, -0.2) is 4.79 Å². The first-order valence-corrected chi connectivity index (χ1v) is 11.8. The highest BCUT2D eigenvalue weighted by Crippen LogP contribution is 2.32. The van der Waals surface area contributed by atoms with Gasteiger partial charge in [0.25, 0.3) is 0 Å². The van der Waals surface area contributed by atoms with Crippen LogP contribution in [0.1, 0.15) is 42.9 Å². The van der Waals surface area contributed by atoms with Crippen molar-refractivity contribution in [2.75, 3.05) is 6.61 Å². The Labute approximate surface area is 199 Å². The summed E-state index contributed by atoms with van der Waals surface area (Å²) in [5.41, 5.74) is 4.02. The molecule has 1 aliphatic rings. The molecular weight excluding hydrogens is 428 g/mol. The number of nitrogens with one attached hydrogen (secondary N) is 1. The van der Waals surface area contributed by atoms with E-state index in [2.05, 4.69) is 29.3 Å². The average Bonchev–Trinajstić information content (AvgIpc) is 3.19. The number of nitrogens with zero attached hydrogens (tertiary/aromatic N) is 1. The van der Waals surface area contributed by atoms with Gasteiger partial charge in [-0.15, -0.1) is 0 Å². The second-order valence-corrected chi connectivity index (χ2v) is 8.46. The zero-order valence-electron chi connectivity index (χ0n) is 19.2. The maximum atomic E-state index is 13.0. The number of H-pyrrole nitrogens is 1. The Morgan fingerprint density at radius 1 is 1.09 bits per heavy atom. The van der Waals surface area contributed by atoms with Crippen molar-refractivity contribution >= 4 is 5.97 Å². The molecule has 0 fully saturated rings. The molecule has 176 valence electrons. The second-order valence-electron chi connectivity index (χ2n) is 8.46. The fourth-order valence-electron chi connectivity index (χ4n) is 4.32. The molecule has 0 saturated carbocycles. The lowest BCUT2D eigenvalue weighted by molar-refractivity contribution is -0.137.